The fourth-order valence-corrected chi connectivity index (χ4v) is 1.80. The molecular formula is C16H21NO2. The monoisotopic (exact) mass is 259 g/mol. The zero-order valence-electron chi connectivity index (χ0n) is 11.8. The maximum Gasteiger partial charge on any atom is 0.225 e. The molecule has 0 aliphatic rings. The summed E-state index contributed by atoms with van der Waals surface area (Å²) in [5.41, 5.74) is 1.86. The van der Waals surface area contributed by atoms with Gasteiger partial charge in [0.1, 0.15) is 6.61 Å². The quantitative estimate of drug-likeness (QED) is 0.841. The van der Waals surface area contributed by atoms with Crippen LogP contribution in [0, 0.1) is 17.8 Å². The van der Waals surface area contributed by atoms with Crippen LogP contribution in [0.4, 0.5) is 0 Å². The summed E-state index contributed by atoms with van der Waals surface area (Å²) in [5.74, 6) is 5.74. The molecule has 19 heavy (non-hydrogen) atoms. The van der Waals surface area contributed by atoms with E-state index >= 15 is 0 Å². The number of amides is 1. The minimum Gasteiger partial charge on any atom is -0.384 e. The topological polar surface area (TPSA) is 40.5 Å². The molecule has 0 bridgehead atoms. The van der Waals surface area contributed by atoms with Gasteiger partial charge in [0.15, 0.2) is 0 Å². The SMILES string of the molecule is CCC(C)C(=O)N(C)Cc1ccccc1C#CCO. The minimum absolute atomic E-state index is 0.0423. The lowest BCUT2D eigenvalue weighted by atomic mass is 10.1. The van der Waals surface area contributed by atoms with Crippen LogP contribution in [0.25, 0.3) is 0 Å². The molecule has 1 N–H and O–H groups in total. The molecule has 0 heterocycles. The first-order chi connectivity index (χ1) is 9.10. The molecule has 0 fully saturated rings. The molecule has 0 aliphatic carbocycles. The number of hydrogen-bond donors (Lipinski definition) is 1. The molecule has 0 aromatic heterocycles. The van der Waals surface area contributed by atoms with Gasteiger partial charge in [0, 0.05) is 25.1 Å². The molecule has 0 saturated carbocycles. The van der Waals surface area contributed by atoms with Crippen LogP contribution >= 0.6 is 0 Å². The summed E-state index contributed by atoms with van der Waals surface area (Å²) in [4.78, 5) is 13.8. The Hall–Kier alpha value is -1.79. The van der Waals surface area contributed by atoms with Crippen molar-refractivity contribution in [2.45, 2.75) is 26.8 Å². The van der Waals surface area contributed by atoms with Crippen molar-refractivity contribution in [1.29, 1.82) is 0 Å². The highest BCUT2D eigenvalue weighted by Crippen LogP contribution is 2.13. The summed E-state index contributed by atoms with van der Waals surface area (Å²) in [6.07, 6.45) is 0.842. The van der Waals surface area contributed by atoms with E-state index in [1.165, 1.54) is 0 Å². The van der Waals surface area contributed by atoms with E-state index in [9.17, 15) is 4.79 Å². The maximum absolute atomic E-state index is 12.1. The zero-order chi connectivity index (χ0) is 14.3. The van der Waals surface area contributed by atoms with Gasteiger partial charge >= 0.3 is 0 Å². The second-order valence-electron chi connectivity index (χ2n) is 4.62. The number of nitrogens with zero attached hydrogens (tertiary/aromatic N) is 1. The number of aliphatic hydroxyl groups is 1. The van der Waals surface area contributed by atoms with E-state index in [2.05, 4.69) is 11.8 Å². The average Bonchev–Trinajstić information content (AvgIpc) is 2.44. The lowest BCUT2D eigenvalue weighted by Crippen LogP contribution is -2.31. The van der Waals surface area contributed by atoms with Crippen molar-refractivity contribution in [3.8, 4) is 11.8 Å². The molecule has 102 valence electrons. The van der Waals surface area contributed by atoms with Crippen molar-refractivity contribution in [3.63, 3.8) is 0 Å². The van der Waals surface area contributed by atoms with E-state index in [1.54, 1.807) is 4.90 Å². The van der Waals surface area contributed by atoms with Gasteiger partial charge in [0.05, 0.1) is 0 Å². The van der Waals surface area contributed by atoms with Gasteiger partial charge < -0.3 is 10.0 Å². The second kappa shape index (κ2) is 7.60. The molecule has 3 heteroatoms. The Labute approximate surface area is 115 Å². The van der Waals surface area contributed by atoms with E-state index in [0.717, 1.165) is 17.5 Å². The van der Waals surface area contributed by atoms with Gasteiger partial charge in [-0.05, 0) is 18.1 Å². The number of carbonyl (C=O) groups is 1. The maximum atomic E-state index is 12.1. The number of hydrogen-bond acceptors (Lipinski definition) is 2. The molecule has 1 aromatic rings. The smallest absolute Gasteiger partial charge is 0.225 e. The van der Waals surface area contributed by atoms with E-state index in [0.29, 0.717) is 6.54 Å². The van der Waals surface area contributed by atoms with Gasteiger partial charge in [-0.3, -0.25) is 4.79 Å². The van der Waals surface area contributed by atoms with Gasteiger partial charge in [-0.1, -0.05) is 43.9 Å². The molecule has 1 aromatic carbocycles. The first kappa shape index (κ1) is 15.3. The molecule has 0 radical (unpaired) electrons. The molecule has 0 aliphatic heterocycles. The Balaban J connectivity index is 2.84. The molecule has 0 saturated heterocycles. The summed E-state index contributed by atoms with van der Waals surface area (Å²) in [5, 5.41) is 8.76. The van der Waals surface area contributed by atoms with Crippen LogP contribution in [0.5, 0.6) is 0 Å². The lowest BCUT2D eigenvalue weighted by molar-refractivity contribution is -0.134. The van der Waals surface area contributed by atoms with Crippen LogP contribution in [0.2, 0.25) is 0 Å². The first-order valence-electron chi connectivity index (χ1n) is 6.52. The largest absolute Gasteiger partial charge is 0.384 e. The van der Waals surface area contributed by atoms with Crippen LogP contribution in [0.1, 0.15) is 31.4 Å². The minimum atomic E-state index is -0.157. The Morgan fingerprint density at radius 1 is 1.42 bits per heavy atom. The second-order valence-corrected chi connectivity index (χ2v) is 4.62. The summed E-state index contributed by atoms with van der Waals surface area (Å²) in [7, 11) is 1.81. The van der Waals surface area contributed by atoms with Crippen molar-refractivity contribution >= 4 is 5.91 Å². The summed E-state index contributed by atoms with van der Waals surface area (Å²) >= 11 is 0. The fraction of sp³-hybridized carbons (Fsp3) is 0.438. The van der Waals surface area contributed by atoms with Gasteiger partial charge in [0.2, 0.25) is 5.91 Å². The van der Waals surface area contributed by atoms with Gasteiger partial charge in [-0.15, -0.1) is 0 Å². The molecule has 1 amide bonds. The molecule has 1 unspecified atom stereocenters. The Morgan fingerprint density at radius 2 is 2.11 bits per heavy atom. The molecule has 1 rings (SSSR count). The predicted molar refractivity (Wildman–Crippen MR) is 76.3 cm³/mol. The lowest BCUT2D eigenvalue weighted by Gasteiger charge is -2.21. The van der Waals surface area contributed by atoms with Crippen LogP contribution in [-0.4, -0.2) is 29.6 Å². The van der Waals surface area contributed by atoms with Crippen molar-refractivity contribution in [3.05, 3.63) is 35.4 Å². The van der Waals surface area contributed by atoms with E-state index in [1.807, 2.05) is 45.2 Å². The highest BCUT2D eigenvalue weighted by molar-refractivity contribution is 5.78. The zero-order valence-corrected chi connectivity index (χ0v) is 11.8. The van der Waals surface area contributed by atoms with Crippen LogP contribution in [0.15, 0.2) is 24.3 Å². The van der Waals surface area contributed by atoms with Crippen molar-refractivity contribution < 1.29 is 9.90 Å². The van der Waals surface area contributed by atoms with Crippen molar-refractivity contribution in [2.24, 2.45) is 5.92 Å². The third-order valence-electron chi connectivity index (χ3n) is 3.14. The molecule has 3 nitrogen and oxygen atoms in total. The van der Waals surface area contributed by atoms with Crippen LogP contribution < -0.4 is 0 Å². The summed E-state index contributed by atoms with van der Waals surface area (Å²) in [6, 6.07) is 7.70. The standard InChI is InChI=1S/C16H21NO2/c1-4-13(2)16(19)17(3)12-15-9-6-5-8-14(15)10-7-11-18/h5-6,8-9,13,18H,4,11-12H2,1-3H3. The van der Waals surface area contributed by atoms with Crippen LogP contribution in [-0.2, 0) is 11.3 Å². The molecule has 1 atom stereocenters. The third-order valence-corrected chi connectivity index (χ3v) is 3.14. The Morgan fingerprint density at radius 3 is 2.74 bits per heavy atom. The predicted octanol–water partition coefficient (Wildman–Crippen LogP) is 2.03. The van der Waals surface area contributed by atoms with Crippen LogP contribution in [0.3, 0.4) is 0 Å². The highest BCUT2D eigenvalue weighted by atomic mass is 16.2. The number of benzene rings is 1. The van der Waals surface area contributed by atoms with Crippen molar-refractivity contribution in [2.75, 3.05) is 13.7 Å². The first-order valence-corrected chi connectivity index (χ1v) is 6.52. The number of rotatable bonds is 4. The average molecular weight is 259 g/mol. The van der Waals surface area contributed by atoms with Gasteiger partial charge in [0.25, 0.3) is 0 Å². The Kier molecular flexibility index (Phi) is 6.11. The number of aliphatic hydroxyl groups excluding tert-OH is 1. The van der Waals surface area contributed by atoms with E-state index < -0.39 is 0 Å². The fourth-order valence-electron chi connectivity index (χ4n) is 1.80. The third kappa shape index (κ3) is 4.42. The number of carbonyl (C=O) groups excluding carboxylic acids is 1. The van der Waals surface area contributed by atoms with E-state index in [4.69, 9.17) is 5.11 Å². The highest BCUT2D eigenvalue weighted by Gasteiger charge is 2.16. The van der Waals surface area contributed by atoms with Gasteiger partial charge in [-0.25, -0.2) is 0 Å². The van der Waals surface area contributed by atoms with E-state index in [-0.39, 0.29) is 18.4 Å². The van der Waals surface area contributed by atoms with Gasteiger partial charge in [-0.2, -0.15) is 0 Å². The van der Waals surface area contributed by atoms with Crippen molar-refractivity contribution in [1.82, 2.24) is 4.90 Å². The summed E-state index contributed by atoms with van der Waals surface area (Å²) < 4.78 is 0. The molecule has 0 spiro atoms. The normalized spacial score (nSPS) is 11.4. The summed E-state index contributed by atoms with van der Waals surface area (Å²) in [6.45, 7) is 4.34. The molecular weight excluding hydrogens is 238 g/mol. The Bertz CT molecular complexity index is 485.